The summed E-state index contributed by atoms with van der Waals surface area (Å²) in [6, 6.07) is 7.73. The molecule has 0 spiro atoms. The van der Waals surface area contributed by atoms with Crippen molar-refractivity contribution in [2.45, 2.75) is 19.8 Å². The molecule has 1 aromatic carbocycles. The van der Waals surface area contributed by atoms with Crippen LogP contribution in [0.3, 0.4) is 0 Å². The zero-order chi connectivity index (χ0) is 17.5. The molecule has 134 valence electrons. The normalized spacial score (nSPS) is 21.1. The fraction of sp³-hybridized carbons (Fsp3) is 0.632. The molecule has 1 heterocycles. The lowest BCUT2D eigenvalue weighted by Crippen LogP contribution is -2.47. The Morgan fingerprint density at radius 1 is 1.29 bits per heavy atom. The molecule has 1 aromatic rings. The molecular weight excluding hydrogens is 304 g/mol. The molecule has 0 bridgehead atoms. The lowest BCUT2D eigenvalue weighted by atomic mass is 9.89. The fourth-order valence-electron chi connectivity index (χ4n) is 3.52. The van der Waals surface area contributed by atoms with Crippen molar-refractivity contribution in [2.75, 3.05) is 46.9 Å². The van der Waals surface area contributed by atoms with Crippen molar-refractivity contribution in [3.8, 4) is 5.75 Å². The average Bonchev–Trinajstić information content (AvgIpc) is 2.56. The van der Waals surface area contributed by atoms with Gasteiger partial charge in [0.25, 0.3) is 0 Å². The van der Waals surface area contributed by atoms with Gasteiger partial charge in [-0.1, -0.05) is 18.2 Å². The van der Waals surface area contributed by atoms with Gasteiger partial charge in [0.05, 0.1) is 13.0 Å². The number of piperidine rings is 1. The highest BCUT2D eigenvalue weighted by molar-refractivity contribution is 5.79. The van der Waals surface area contributed by atoms with Crippen LogP contribution in [-0.4, -0.2) is 67.8 Å². The number of hydrogen-bond donors (Lipinski definition) is 1. The number of aliphatic hydroxyl groups is 1. The van der Waals surface area contributed by atoms with E-state index in [2.05, 4.69) is 4.90 Å². The molecule has 0 aliphatic carbocycles. The molecule has 0 unspecified atom stereocenters. The SMILES string of the molecule is CCOc1ccccc1CC(=O)N1C[C@@H](CO)C[C@@H](CN(C)C)C1. The van der Waals surface area contributed by atoms with Crippen LogP contribution in [0.25, 0.3) is 0 Å². The molecule has 24 heavy (non-hydrogen) atoms. The van der Waals surface area contributed by atoms with E-state index in [0.29, 0.717) is 25.5 Å². The number of likely N-dealkylation sites (tertiary alicyclic amines) is 1. The second-order valence-electron chi connectivity index (χ2n) is 6.93. The van der Waals surface area contributed by atoms with Crippen molar-refractivity contribution in [1.29, 1.82) is 0 Å². The van der Waals surface area contributed by atoms with E-state index in [-0.39, 0.29) is 18.4 Å². The van der Waals surface area contributed by atoms with Gasteiger partial charge in [-0.05, 0) is 45.3 Å². The van der Waals surface area contributed by atoms with Crippen LogP contribution < -0.4 is 4.74 Å². The minimum Gasteiger partial charge on any atom is -0.494 e. The molecular formula is C19H30N2O3. The number of carbonyl (C=O) groups is 1. The first kappa shape index (κ1) is 18.7. The Labute approximate surface area is 145 Å². The lowest BCUT2D eigenvalue weighted by molar-refractivity contribution is -0.134. The molecule has 1 aliphatic rings. The number of nitrogens with zero attached hydrogens (tertiary/aromatic N) is 2. The number of aliphatic hydroxyl groups excluding tert-OH is 1. The maximum Gasteiger partial charge on any atom is 0.227 e. The van der Waals surface area contributed by atoms with Crippen LogP contribution >= 0.6 is 0 Å². The standard InChI is InChI=1S/C19H30N2O3/c1-4-24-18-8-6-5-7-17(18)10-19(23)21-12-15(11-20(2)3)9-16(13-21)14-22/h5-8,15-16,22H,4,9-14H2,1-3H3/t15-,16-/m0/s1. The first-order chi connectivity index (χ1) is 11.5. The lowest BCUT2D eigenvalue weighted by Gasteiger charge is -2.38. The molecule has 1 N–H and O–H groups in total. The summed E-state index contributed by atoms with van der Waals surface area (Å²) in [7, 11) is 4.10. The van der Waals surface area contributed by atoms with E-state index in [9.17, 15) is 9.90 Å². The van der Waals surface area contributed by atoms with Gasteiger partial charge in [0.2, 0.25) is 5.91 Å². The zero-order valence-electron chi connectivity index (χ0n) is 15.1. The first-order valence-electron chi connectivity index (χ1n) is 8.77. The second kappa shape index (κ2) is 9.04. The number of hydrogen-bond acceptors (Lipinski definition) is 4. The van der Waals surface area contributed by atoms with Crippen LogP contribution in [0.2, 0.25) is 0 Å². The smallest absolute Gasteiger partial charge is 0.227 e. The Balaban J connectivity index is 2.05. The van der Waals surface area contributed by atoms with Crippen molar-refractivity contribution >= 4 is 5.91 Å². The van der Waals surface area contributed by atoms with Crippen molar-refractivity contribution in [3.05, 3.63) is 29.8 Å². The van der Waals surface area contributed by atoms with Crippen molar-refractivity contribution < 1.29 is 14.6 Å². The molecule has 1 saturated heterocycles. The van der Waals surface area contributed by atoms with Gasteiger partial charge in [-0.2, -0.15) is 0 Å². The highest BCUT2D eigenvalue weighted by atomic mass is 16.5. The molecule has 2 atom stereocenters. The molecule has 0 saturated carbocycles. The third-order valence-electron chi connectivity index (χ3n) is 4.47. The third kappa shape index (κ3) is 5.21. The number of para-hydroxylation sites is 1. The summed E-state index contributed by atoms with van der Waals surface area (Å²) in [5.41, 5.74) is 0.930. The van der Waals surface area contributed by atoms with E-state index in [1.54, 1.807) is 0 Å². The van der Waals surface area contributed by atoms with Gasteiger partial charge in [0, 0.05) is 31.8 Å². The van der Waals surface area contributed by atoms with E-state index in [1.165, 1.54) is 0 Å². The zero-order valence-corrected chi connectivity index (χ0v) is 15.1. The summed E-state index contributed by atoms with van der Waals surface area (Å²) in [6.07, 6.45) is 1.33. The van der Waals surface area contributed by atoms with E-state index < -0.39 is 0 Å². The molecule has 1 fully saturated rings. The van der Waals surface area contributed by atoms with Gasteiger partial charge in [-0.25, -0.2) is 0 Å². The molecule has 1 aliphatic heterocycles. The monoisotopic (exact) mass is 334 g/mol. The van der Waals surface area contributed by atoms with Gasteiger partial charge in [0.1, 0.15) is 5.75 Å². The van der Waals surface area contributed by atoms with Crippen LogP contribution in [0.15, 0.2) is 24.3 Å². The Morgan fingerprint density at radius 3 is 2.67 bits per heavy atom. The van der Waals surface area contributed by atoms with Gasteiger partial charge in [-0.3, -0.25) is 4.79 Å². The highest BCUT2D eigenvalue weighted by Gasteiger charge is 2.30. The number of carbonyl (C=O) groups excluding carboxylic acids is 1. The maximum absolute atomic E-state index is 12.8. The summed E-state index contributed by atoms with van der Waals surface area (Å²) >= 11 is 0. The quantitative estimate of drug-likeness (QED) is 0.824. The molecule has 5 heteroatoms. The number of benzene rings is 1. The summed E-state index contributed by atoms with van der Waals surface area (Å²) in [5.74, 6) is 1.49. The maximum atomic E-state index is 12.8. The topological polar surface area (TPSA) is 53.0 Å². The van der Waals surface area contributed by atoms with Crippen molar-refractivity contribution in [2.24, 2.45) is 11.8 Å². The van der Waals surface area contributed by atoms with E-state index in [4.69, 9.17) is 4.74 Å². The van der Waals surface area contributed by atoms with Gasteiger partial charge in [0.15, 0.2) is 0 Å². The van der Waals surface area contributed by atoms with E-state index in [1.807, 2.05) is 50.2 Å². The predicted molar refractivity (Wildman–Crippen MR) is 95.1 cm³/mol. The summed E-state index contributed by atoms with van der Waals surface area (Å²) in [5, 5.41) is 9.57. The Morgan fingerprint density at radius 2 is 2.00 bits per heavy atom. The Kier molecular flexibility index (Phi) is 7.06. The average molecular weight is 334 g/mol. The minimum atomic E-state index is 0.115. The van der Waals surface area contributed by atoms with Gasteiger partial charge in [-0.15, -0.1) is 0 Å². The minimum absolute atomic E-state index is 0.115. The number of amides is 1. The van der Waals surface area contributed by atoms with Crippen LogP contribution in [0.4, 0.5) is 0 Å². The first-order valence-corrected chi connectivity index (χ1v) is 8.77. The second-order valence-corrected chi connectivity index (χ2v) is 6.93. The van der Waals surface area contributed by atoms with Gasteiger partial charge >= 0.3 is 0 Å². The van der Waals surface area contributed by atoms with E-state index >= 15 is 0 Å². The van der Waals surface area contributed by atoms with Crippen LogP contribution in [0.1, 0.15) is 18.9 Å². The summed E-state index contributed by atoms with van der Waals surface area (Å²) in [4.78, 5) is 16.9. The number of rotatable bonds is 7. The van der Waals surface area contributed by atoms with Crippen LogP contribution in [0, 0.1) is 11.8 Å². The Bertz CT molecular complexity index is 533. The fourth-order valence-corrected chi connectivity index (χ4v) is 3.52. The molecule has 1 amide bonds. The van der Waals surface area contributed by atoms with Crippen molar-refractivity contribution in [1.82, 2.24) is 9.80 Å². The largest absolute Gasteiger partial charge is 0.494 e. The molecule has 0 radical (unpaired) electrons. The predicted octanol–water partition coefficient (Wildman–Crippen LogP) is 1.65. The molecule has 5 nitrogen and oxygen atoms in total. The van der Waals surface area contributed by atoms with Gasteiger partial charge < -0.3 is 19.6 Å². The van der Waals surface area contributed by atoms with Crippen molar-refractivity contribution in [3.63, 3.8) is 0 Å². The Hall–Kier alpha value is -1.59. The molecule has 2 rings (SSSR count). The van der Waals surface area contributed by atoms with Crippen LogP contribution in [0.5, 0.6) is 5.75 Å². The number of ether oxygens (including phenoxy) is 1. The molecule has 0 aromatic heterocycles. The third-order valence-corrected chi connectivity index (χ3v) is 4.47. The summed E-state index contributed by atoms with van der Waals surface area (Å²) in [6.45, 7) is 5.03. The highest BCUT2D eigenvalue weighted by Crippen LogP contribution is 2.24. The summed E-state index contributed by atoms with van der Waals surface area (Å²) < 4.78 is 5.62. The van der Waals surface area contributed by atoms with Crippen LogP contribution in [-0.2, 0) is 11.2 Å². The van der Waals surface area contributed by atoms with E-state index in [0.717, 1.165) is 30.8 Å².